The fourth-order valence-electron chi connectivity index (χ4n) is 1.89. The second kappa shape index (κ2) is 7.58. The average Bonchev–Trinajstić information content (AvgIpc) is 2.28. The molecule has 4 heteroatoms. The molecule has 1 rings (SSSR count). The van der Waals surface area contributed by atoms with Gasteiger partial charge in [-0.1, -0.05) is 32.3 Å². The molecular weight excluding hydrogens is 226 g/mol. The lowest BCUT2D eigenvalue weighted by molar-refractivity contribution is 0.259. The number of amides is 2. The molecule has 0 saturated heterocycles. The van der Waals surface area contributed by atoms with Gasteiger partial charge < -0.3 is 16.4 Å². The zero-order valence-electron chi connectivity index (χ0n) is 11.2. The number of hydrogen-bond acceptors (Lipinski definition) is 2. The van der Waals surface area contributed by atoms with Gasteiger partial charge in [0.1, 0.15) is 0 Å². The fraction of sp³-hybridized carbons (Fsp3) is 0.500. The highest BCUT2D eigenvalue weighted by Gasteiger charge is 2.03. The van der Waals surface area contributed by atoms with Crippen molar-refractivity contribution in [2.24, 2.45) is 5.73 Å². The third kappa shape index (κ3) is 5.57. The van der Waals surface area contributed by atoms with E-state index in [0.717, 1.165) is 12.1 Å². The van der Waals surface area contributed by atoms with Crippen molar-refractivity contribution in [3.63, 3.8) is 0 Å². The minimum atomic E-state index is -0.539. The summed E-state index contributed by atoms with van der Waals surface area (Å²) >= 11 is 0. The first-order valence-electron chi connectivity index (χ1n) is 6.55. The van der Waals surface area contributed by atoms with Crippen LogP contribution in [0.1, 0.15) is 39.5 Å². The smallest absolute Gasteiger partial charge is 0.316 e. The van der Waals surface area contributed by atoms with Crippen molar-refractivity contribution in [3.05, 3.63) is 24.3 Å². The number of anilines is 2. The quantitative estimate of drug-likeness (QED) is 0.647. The van der Waals surface area contributed by atoms with E-state index in [0.29, 0.717) is 11.7 Å². The number of primary amides is 1. The summed E-state index contributed by atoms with van der Waals surface area (Å²) in [7, 11) is 0. The Kier molecular flexibility index (Phi) is 6.05. The largest absolute Gasteiger partial charge is 0.383 e. The van der Waals surface area contributed by atoms with E-state index in [-0.39, 0.29) is 0 Å². The van der Waals surface area contributed by atoms with E-state index >= 15 is 0 Å². The maximum Gasteiger partial charge on any atom is 0.316 e. The molecule has 0 saturated carbocycles. The molecule has 1 aromatic carbocycles. The molecule has 1 unspecified atom stereocenters. The molecule has 4 N–H and O–H groups in total. The Morgan fingerprint density at radius 2 is 2.06 bits per heavy atom. The van der Waals surface area contributed by atoms with Crippen molar-refractivity contribution in [3.8, 4) is 0 Å². The van der Waals surface area contributed by atoms with Gasteiger partial charge in [0, 0.05) is 17.4 Å². The summed E-state index contributed by atoms with van der Waals surface area (Å²) < 4.78 is 0. The number of urea groups is 1. The van der Waals surface area contributed by atoms with E-state index in [1.165, 1.54) is 19.3 Å². The Morgan fingerprint density at radius 1 is 1.33 bits per heavy atom. The van der Waals surface area contributed by atoms with Crippen LogP contribution in [0.3, 0.4) is 0 Å². The highest BCUT2D eigenvalue weighted by molar-refractivity contribution is 5.88. The number of hydrogen-bond donors (Lipinski definition) is 3. The summed E-state index contributed by atoms with van der Waals surface area (Å²) in [6.45, 7) is 4.38. The lowest BCUT2D eigenvalue weighted by atomic mass is 10.1. The van der Waals surface area contributed by atoms with Gasteiger partial charge in [0.15, 0.2) is 0 Å². The molecule has 18 heavy (non-hydrogen) atoms. The van der Waals surface area contributed by atoms with Crippen molar-refractivity contribution in [2.75, 3.05) is 10.6 Å². The minimum Gasteiger partial charge on any atom is -0.383 e. The Morgan fingerprint density at radius 3 is 2.72 bits per heavy atom. The van der Waals surface area contributed by atoms with Gasteiger partial charge in [-0.15, -0.1) is 0 Å². The van der Waals surface area contributed by atoms with E-state index in [4.69, 9.17) is 5.73 Å². The standard InChI is InChI=1S/C14H23N3O/c1-3-4-5-7-11(2)16-12-8-6-9-13(10-12)17-14(15)18/h6,8-11,16H,3-5,7H2,1-2H3,(H3,15,17,18). The minimum absolute atomic E-state index is 0.431. The molecule has 1 aromatic rings. The van der Waals surface area contributed by atoms with Gasteiger partial charge in [-0.3, -0.25) is 0 Å². The highest BCUT2D eigenvalue weighted by atomic mass is 16.2. The number of carbonyl (C=O) groups is 1. The molecule has 1 atom stereocenters. The number of nitrogens with two attached hydrogens (primary N) is 1. The van der Waals surface area contributed by atoms with Crippen LogP contribution >= 0.6 is 0 Å². The van der Waals surface area contributed by atoms with Crippen molar-refractivity contribution < 1.29 is 4.79 Å². The monoisotopic (exact) mass is 249 g/mol. The van der Waals surface area contributed by atoms with Crippen LogP contribution in [0.5, 0.6) is 0 Å². The molecular formula is C14H23N3O. The van der Waals surface area contributed by atoms with Gasteiger partial charge in [0.25, 0.3) is 0 Å². The third-order valence-corrected chi connectivity index (χ3v) is 2.78. The molecule has 0 spiro atoms. The average molecular weight is 249 g/mol. The molecule has 0 aliphatic heterocycles. The zero-order valence-corrected chi connectivity index (χ0v) is 11.2. The second-order valence-corrected chi connectivity index (χ2v) is 4.61. The van der Waals surface area contributed by atoms with Crippen LogP contribution in [0.2, 0.25) is 0 Å². The van der Waals surface area contributed by atoms with E-state index in [9.17, 15) is 4.79 Å². The van der Waals surface area contributed by atoms with Crippen LogP contribution in [-0.4, -0.2) is 12.1 Å². The van der Waals surface area contributed by atoms with Crippen LogP contribution in [-0.2, 0) is 0 Å². The molecule has 4 nitrogen and oxygen atoms in total. The number of nitrogens with one attached hydrogen (secondary N) is 2. The Hall–Kier alpha value is -1.71. The Balaban J connectivity index is 2.48. The molecule has 0 aliphatic carbocycles. The van der Waals surface area contributed by atoms with E-state index in [1.807, 2.05) is 24.3 Å². The second-order valence-electron chi connectivity index (χ2n) is 4.61. The van der Waals surface area contributed by atoms with E-state index in [2.05, 4.69) is 24.5 Å². The van der Waals surface area contributed by atoms with Crippen LogP contribution in [0.25, 0.3) is 0 Å². The van der Waals surface area contributed by atoms with E-state index in [1.54, 1.807) is 0 Å². The summed E-state index contributed by atoms with van der Waals surface area (Å²) in [5, 5.41) is 5.99. The van der Waals surface area contributed by atoms with E-state index < -0.39 is 6.03 Å². The molecule has 0 aromatic heterocycles. The summed E-state index contributed by atoms with van der Waals surface area (Å²) in [5.41, 5.74) is 6.81. The van der Waals surface area contributed by atoms with Crippen LogP contribution in [0.4, 0.5) is 16.2 Å². The summed E-state index contributed by atoms with van der Waals surface area (Å²) in [5.74, 6) is 0. The topological polar surface area (TPSA) is 67.2 Å². The first-order chi connectivity index (χ1) is 8.61. The fourth-order valence-corrected chi connectivity index (χ4v) is 1.89. The van der Waals surface area contributed by atoms with Crippen molar-refractivity contribution in [2.45, 2.75) is 45.6 Å². The first kappa shape index (κ1) is 14.4. The third-order valence-electron chi connectivity index (χ3n) is 2.78. The predicted molar refractivity (Wildman–Crippen MR) is 76.9 cm³/mol. The van der Waals surface area contributed by atoms with Gasteiger partial charge in [-0.05, 0) is 31.5 Å². The van der Waals surface area contributed by atoms with Crippen LogP contribution in [0.15, 0.2) is 24.3 Å². The van der Waals surface area contributed by atoms with Gasteiger partial charge in [0.05, 0.1) is 0 Å². The maximum atomic E-state index is 10.8. The maximum absolute atomic E-state index is 10.8. The molecule has 0 aliphatic rings. The zero-order chi connectivity index (χ0) is 13.4. The predicted octanol–water partition coefficient (Wildman–Crippen LogP) is 3.56. The van der Waals surface area contributed by atoms with Gasteiger partial charge >= 0.3 is 6.03 Å². The summed E-state index contributed by atoms with van der Waals surface area (Å²) in [6.07, 6.45) is 4.91. The van der Waals surface area contributed by atoms with Crippen LogP contribution < -0.4 is 16.4 Å². The Bertz CT molecular complexity index is 379. The van der Waals surface area contributed by atoms with Crippen molar-refractivity contribution in [1.29, 1.82) is 0 Å². The highest BCUT2D eigenvalue weighted by Crippen LogP contribution is 2.17. The molecule has 0 fully saturated rings. The van der Waals surface area contributed by atoms with Gasteiger partial charge in [0.2, 0.25) is 0 Å². The normalized spacial score (nSPS) is 11.9. The number of rotatable bonds is 7. The van der Waals surface area contributed by atoms with Crippen molar-refractivity contribution >= 4 is 17.4 Å². The first-order valence-corrected chi connectivity index (χ1v) is 6.55. The summed E-state index contributed by atoms with van der Waals surface area (Å²) in [4.78, 5) is 10.8. The SMILES string of the molecule is CCCCCC(C)Nc1cccc(NC(N)=O)c1. The number of benzene rings is 1. The summed E-state index contributed by atoms with van der Waals surface area (Å²) in [6, 6.07) is 7.48. The molecule has 0 bridgehead atoms. The lowest BCUT2D eigenvalue weighted by Crippen LogP contribution is -2.19. The van der Waals surface area contributed by atoms with Gasteiger partial charge in [-0.25, -0.2) is 4.79 Å². The number of unbranched alkanes of at least 4 members (excludes halogenated alkanes) is 2. The number of carbonyl (C=O) groups excluding carboxylic acids is 1. The Labute approximate surface area is 109 Å². The molecule has 0 heterocycles. The molecule has 0 radical (unpaired) electrons. The van der Waals surface area contributed by atoms with Crippen molar-refractivity contribution in [1.82, 2.24) is 0 Å². The lowest BCUT2D eigenvalue weighted by Gasteiger charge is -2.15. The van der Waals surface area contributed by atoms with Crippen LogP contribution in [0, 0.1) is 0 Å². The molecule has 100 valence electrons. The van der Waals surface area contributed by atoms with Gasteiger partial charge in [-0.2, -0.15) is 0 Å². The molecule has 2 amide bonds.